The van der Waals surface area contributed by atoms with E-state index in [2.05, 4.69) is 10.6 Å². The second kappa shape index (κ2) is 5.41. The molecule has 1 aliphatic rings. The molecule has 1 aromatic carbocycles. The summed E-state index contributed by atoms with van der Waals surface area (Å²) < 4.78 is 5.17. The van der Waals surface area contributed by atoms with Gasteiger partial charge in [0.15, 0.2) is 0 Å². The van der Waals surface area contributed by atoms with Crippen molar-refractivity contribution in [2.45, 2.75) is 18.9 Å². The average molecular weight is 241 g/mol. The predicted molar refractivity (Wildman–Crippen MR) is 67.5 cm³/mol. The van der Waals surface area contributed by atoms with E-state index in [0.29, 0.717) is 16.8 Å². The molecular weight excluding hydrogens is 224 g/mol. The van der Waals surface area contributed by atoms with Gasteiger partial charge in [-0.05, 0) is 31.5 Å². The molecule has 4 heteroatoms. The highest BCUT2D eigenvalue weighted by Crippen LogP contribution is 2.27. The fourth-order valence-corrected chi connectivity index (χ4v) is 2.14. The highest BCUT2D eigenvalue weighted by molar-refractivity contribution is 6.32. The Kier molecular flexibility index (Phi) is 3.91. The molecule has 1 unspecified atom stereocenters. The van der Waals surface area contributed by atoms with E-state index in [9.17, 15) is 0 Å². The Hall–Kier alpha value is -0.930. The van der Waals surface area contributed by atoms with Crippen LogP contribution in [0.2, 0.25) is 5.02 Å². The van der Waals surface area contributed by atoms with Crippen LogP contribution in [0.4, 0.5) is 5.69 Å². The number of hydrogen-bond donors (Lipinski definition) is 2. The number of halogens is 1. The number of methoxy groups -OCH3 is 1. The molecule has 1 atom stereocenters. The molecule has 0 aromatic heterocycles. The Morgan fingerprint density at radius 1 is 1.56 bits per heavy atom. The van der Waals surface area contributed by atoms with Crippen molar-refractivity contribution in [1.82, 2.24) is 5.32 Å². The number of hydrogen-bond acceptors (Lipinski definition) is 3. The third-order valence-corrected chi connectivity index (χ3v) is 3.18. The second-order valence-corrected chi connectivity index (χ2v) is 4.43. The zero-order chi connectivity index (χ0) is 11.4. The maximum Gasteiger partial charge on any atom is 0.139 e. The van der Waals surface area contributed by atoms with Gasteiger partial charge in [0, 0.05) is 24.3 Å². The van der Waals surface area contributed by atoms with Gasteiger partial charge in [-0.3, -0.25) is 0 Å². The third-order valence-electron chi connectivity index (χ3n) is 2.87. The quantitative estimate of drug-likeness (QED) is 0.849. The van der Waals surface area contributed by atoms with Gasteiger partial charge in [0.05, 0.1) is 12.1 Å². The van der Waals surface area contributed by atoms with Gasteiger partial charge < -0.3 is 15.4 Å². The number of ether oxygens (including phenoxy) is 1. The molecule has 0 spiro atoms. The van der Waals surface area contributed by atoms with Gasteiger partial charge in [0.2, 0.25) is 0 Å². The standard InChI is InChI=1S/C12H17ClN2O/c1-16-12-7-9(4-5-11(12)13)15-8-10-3-2-6-14-10/h4-5,7,10,14-15H,2-3,6,8H2,1H3. The Morgan fingerprint density at radius 2 is 2.44 bits per heavy atom. The molecule has 0 amide bonds. The molecule has 1 aromatic rings. The van der Waals surface area contributed by atoms with Crippen LogP contribution in [-0.2, 0) is 0 Å². The zero-order valence-corrected chi connectivity index (χ0v) is 10.2. The van der Waals surface area contributed by atoms with E-state index in [1.54, 1.807) is 7.11 Å². The molecule has 16 heavy (non-hydrogen) atoms. The number of rotatable bonds is 4. The van der Waals surface area contributed by atoms with E-state index < -0.39 is 0 Å². The van der Waals surface area contributed by atoms with Crippen molar-refractivity contribution in [3.63, 3.8) is 0 Å². The molecule has 0 bridgehead atoms. The first-order valence-electron chi connectivity index (χ1n) is 5.60. The van der Waals surface area contributed by atoms with Crippen LogP contribution in [0.15, 0.2) is 18.2 Å². The first-order chi connectivity index (χ1) is 7.79. The lowest BCUT2D eigenvalue weighted by Gasteiger charge is -2.13. The van der Waals surface area contributed by atoms with Gasteiger partial charge in [-0.15, -0.1) is 0 Å². The Balaban J connectivity index is 1.93. The molecule has 1 saturated heterocycles. The highest BCUT2D eigenvalue weighted by atomic mass is 35.5. The minimum absolute atomic E-state index is 0.585. The topological polar surface area (TPSA) is 33.3 Å². The zero-order valence-electron chi connectivity index (χ0n) is 9.42. The first-order valence-corrected chi connectivity index (χ1v) is 5.98. The normalized spacial score (nSPS) is 19.8. The molecule has 1 aliphatic heterocycles. The van der Waals surface area contributed by atoms with Crippen LogP contribution >= 0.6 is 11.6 Å². The predicted octanol–water partition coefficient (Wildman–Crippen LogP) is 2.51. The molecule has 0 saturated carbocycles. The molecule has 88 valence electrons. The van der Waals surface area contributed by atoms with Crippen molar-refractivity contribution < 1.29 is 4.74 Å². The molecular formula is C12H17ClN2O. The van der Waals surface area contributed by atoms with E-state index in [0.717, 1.165) is 18.8 Å². The molecule has 2 rings (SSSR count). The van der Waals surface area contributed by atoms with Gasteiger partial charge >= 0.3 is 0 Å². The minimum atomic E-state index is 0.585. The van der Waals surface area contributed by atoms with E-state index in [4.69, 9.17) is 16.3 Å². The molecule has 1 heterocycles. The summed E-state index contributed by atoms with van der Waals surface area (Å²) in [7, 11) is 1.63. The van der Waals surface area contributed by atoms with E-state index in [1.807, 2.05) is 18.2 Å². The Morgan fingerprint density at radius 3 is 3.12 bits per heavy atom. The number of benzene rings is 1. The summed E-state index contributed by atoms with van der Waals surface area (Å²) in [5.41, 5.74) is 1.05. The van der Waals surface area contributed by atoms with E-state index in [-0.39, 0.29) is 0 Å². The monoisotopic (exact) mass is 240 g/mol. The van der Waals surface area contributed by atoms with Crippen LogP contribution < -0.4 is 15.4 Å². The van der Waals surface area contributed by atoms with Gasteiger partial charge in [-0.25, -0.2) is 0 Å². The van der Waals surface area contributed by atoms with E-state index >= 15 is 0 Å². The summed E-state index contributed by atoms with van der Waals surface area (Å²) in [6.07, 6.45) is 2.52. The molecule has 0 radical (unpaired) electrons. The van der Waals surface area contributed by atoms with Crippen molar-refractivity contribution >= 4 is 17.3 Å². The summed E-state index contributed by atoms with van der Waals surface area (Å²) in [6, 6.07) is 6.34. The largest absolute Gasteiger partial charge is 0.495 e. The molecule has 3 nitrogen and oxygen atoms in total. The van der Waals surface area contributed by atoms with Gasteiger partial charge in [0.25, 0.3) is 0 Å². The van der Waals surface area contributed by atoms with Crippen LogP contribution in [0.5, 0.6) is 5.75 Å². The second-order valence-electron chi connectivity index (χ2n) is 4.02. The lowest BCUT2D eigenvalue weighted by atomic mass is 10.2. The highest BCUT2D eigenvalue weighted by Gasteiger charge is 2.13. The van der Waals surface area contributed by atoms with Gasteiger partial charge in [-0.2, -0.15) is 0 Å². The molecule has 2 N–H and O–H groups in total. The van der Waals surface area contributed by atoms with E-state index in [1.165, 1.54) is 12.8 Å². The summed E-state index contributed by atoms with van der Waals surface area (Å²) in [5.74, 6) is 0.714. The van der Waals surface area contributed by atoms with Crippen molar-refractivity contribution in [2.75, 3.05) is 25.5 Å². The van der Waals surface area contributed by atoms with Crippen LogP contribution in [0.3, 0.4) is 0 Å². The van der Waals surface area contributed by atoms with Gasteiger partial charge in [-0.1, -0.05) is 11.6 Å². The lowest BCUT2D eigenvalue weighted by molar-refractivity contribution is 0.415. The van der Waals surface area contributed by atoms with Crippen LogP contribution in [0.25, 0.3) is 0 Å². The fraction of sp³-hybridized carbons (Fsp3) is 0.500. The Labute approximate surface area is 101 Å². The summed E-state index contributed by atoms with van der Waals surface area (Å²) >= 11 is 5.96. The molecule has 0 aliphatic carbocycles. The maximum atomic E-state index is 5.96. The molecule has 1 fully saturated rings. The summed E-state index contributed by atoms with van der Waals surface area (Å²) in [5, 5.41) is 7.48. The number of anilines is 1. The first kappa shape index (κ1) is 11.6. The van der Waals surface area contributed by atoms with Crippen LogP contribution in [0, 0.1) is 0 Å². The smallest absolute Gasteiger partial charge is 0.139 e. The lowest BCUT2D eigenvalue weighted by Crippen LogP contribution is -2.29. The summed E-state index contributed by atoms with van der Waals surface area (Å²) in [4.78, 5) is 0. The van der Waals surface area contributed by atoms with Crippen molar-refractivity contribution in [2.24, 2.45) is 0 Å². The van der Waals surface area contributed by atoms with Crippen LogP contribution in [-0.4, -0.2) is 26.2 Å². The number of nitrogens with one attached hydrogen (secondary N) is 2. The average Bonchev–Trinajstić information content (AvgIpc) is 2.81. The van der Waals surface area contributed by atoms with Crippen molar-refractivity contribution in [3.8, 4) is 5.75 Å². The van der Waals surface area contributed by atoms with Crippen LogP contribution in [0.1, 0.15) is 12.8 Å². The Bertz CT molecular complexity index is 351. The van der Waals surface area contributed by atoms with Crippen molar-refractivity contribution in [3.05, 3.63) is 23.2 Å². The maximum absolute atomic E-state index is 5.96. The SMILES string of the molecule is COc1cc(NCC2CCCN2)ccc1Cl. The third kappa shape index (κ3) is 2.80. The summed E-state index contributed by atoms with van der Waals surface area (Å²) in [6.45, 7) is 2.08. The minimum Gasteiger partial charge on any atom is -0.495 e. The fourth-order valence-electron chi connectivity index (χ4n) is 1.94. The van der Waals surface area contributed by atoms with Gasteiger partial charge in [0.1, 0.15) is 5.75 Å². The van der Waals surface area contributed by atoms with Crippen molar-refractivity contribution in [1.29, 1.82) is 0 Å².